The fourth-order valence-electron chi connectivity index (χ4n) is 1.09. The van der Waals surface area contributed by atoms with Gasteiger partial charge in [0.05, 0.1) is 0 Å². The van der Waals surface area contributed by atoms with Crippen LogP contribution in [-0.2, 0) is 4.79 Å². The average molecular weight is 182 g/mol. The molecule has 0 aromatic heterocycles. The van der Waals surface area contributed by atoms with Gasteiger partial charge in [0, 0.05) is 25.6 Å². The number of nitrogens with one attached hydrogen (secondary N) is 2. The fourth-order valence-corrected chi connectivity index (χ4v) is 1.09. The fraction of sp³-hybridized carbons (Fsp3) is 0.700. The zero-order valence-corrected chi connectivity index (χ0v) is 8.01. The molecule has 0 bridgehead atoms. The van der Waals surface area contributed by atoms with Gasteiger partial charge >= 0.3 is 0 Å². The molecule has 0 aromatic carbocycles. The van der Waals surface area contributed by atoms with Crippen molar-refractivity contribution in [1.29, 1.82) is 0 Å². The van der Waals surface area contributed by atoms with Crippen molar-refractivity contribution in [2.24, 2.45) is 0 Å². The number of rotatable bonds is 7. The van der Waals surface area contributed by atoms with Crippen molar-refractivity contribution in [2.45, 2.75) is 31.7 Å². The van der Waals surface area contributed by atoms with Crippen molar-refractivity contribution in [3.8, 4) is 0 Å². The van der Waals surface area contributed by atoms with Crippen LogP contribution in [0.3, 0.4) is 0 Å². The van der Waals surface area contributed by atoms with E-state index in [0.717, 1.165) is 25.6 Å². The minimum Gasteiger partial charge on any atom is -0.355 e. The standard InChI is InChI=1S/C10H18N2O/c1-2-3-4-10(13)12-8-7-11-9-5-6-9/h2,9,11H,1,3-8H2,(H,12,13). The van der Waals surface area contributed by atoms with Gasteiger partial charge < -0.3 is 10.6 Å². The SMILES string of the molecule is C=CCCC(=O)NCCNC1CC1. The molecule has 74 valence electrons. The van der Waals surface area contributed by atoms with Gasteiger partial charge in [0.25, 0.3) is 0 Å². The van der Waals surface area contributed by atoms with Gasteiger partial charge in [-0.15, -0.1) is 6.58 Å². The molecule has 0 aliphatic heterocycles. The van der Waals surface area contributed by atoms with E-state index in [4.69, 9.17) is 0 Å². The van der Waals surface area contributed by atoms with Gasteiger partial charge in [0.1, 0.15) is 0 Å². The van der Waals surface area contributed by atoms with Crippen molar-refractivity contribution >= 4 is 5.91 Å². The van der Waals surface area contributed by atoms with Crippen molar-refractivity contribution in [3.63, 3.8) is 0 Å². The maximum Gasteiger partial charge on any atom is 0.220 e. The molecule has 1 rings (SSSR count). The van der Waals surface area contributed by atoms with Crippen molar-refractivity contribution in [2.75, 3.05) is 13.1 Å². The molecule has 0 saturated heterocycles. The third-order valence-corrected chi connectivity index (χ3v) is 2.03. The monoisotopic (exact) mass is 182 g/mol. The minimum atomic E-state index is 0.123. The highest BCUT2D eigenvalue weighted by Crippen LogP contribution is 2.17. The maximum atomic E-state index is 11.1. The van der Waals surface area contributed by atoms with Gasteiger partial charge in [-0.05, 0) is 19.3 Å². The summed E-state index contributed by atoms with van der Waals surface area (Å²) in [5.74, 6) is 0.123. The number of allylic oxidation sites excluding steroid dienone is 1. The zero-order valence-electron chi connectivity index (χ0n) is 8.01. The van der Waals surface area contributed by atoms with Crippen LogP contribution in [0.1, 0.15) is 25.7 Å². The number of carbonyl (C=O) groups is 1. The molecule has 1 fully saturated rings. The Morgan fingerprint density at radius 1 is 1.46 bits per heavy atom. The van der Waals surface area contributed by atoms with Crippen LogP contribution in [0.25, 0.3) is 0 Å². The van der Waals surface area contributed by atoms with Gasteiger partial charge in [-0.1, -0.05) is 6.08 Å². The molecule has 3 heteroatoms. The van der Waals surface area contributed by atoms with E-state index < -0.39 is 0 Å². The Kier molecular flexibility index (Phi) is 4.54. The molecule has 2 N–H and O–H groups in total. The highest BCUT2D eigenvalue weighted by atomic mass is 16.1. The molecule has 1 aliphatic carbocycles. The maximum absolute atomic E-state index is 11.1. The molecule has 0 spiro atoms. The van der Waals surface area contributed by atoms with Crippen LogP contribution >= 0.6 is 0 Å². The molecule has 13 heavy (non-hydrogen) atoms. The molecule has 1 aliphatic rings. The molecule has 0 radical (unpaired) electrons. The lowest BCUT2D eigenvalue weighted by atomic mass is 10.3. The quantitative estimate of drug-likeness (QED) is 0.452. The predicted octanol–water partition coefficient (Wildman–Crippen LogP) is 0.821. The number of hydrogen-bond acceptors (Lipinski definition) is 2. The zero-order chi connectivity index (χ0) is 9.52. The van der Waals surface area contributed by atoms with Crippen molar-refractivity contribution < 1.29 is 4.79 Å². The Labute approximate surface area is 79.6 Å². The number of carbonyl (C=O) groups excluding carboxylic acids is 1. The van der Waals surface area contributed by atoms with Gasteiger partial charge in [-0.2, -0.15) is 0 Å². The molecule has 0 unspecified atom stereocenters. The Hall–Kier alpha value is -0.830. The molecule has 1 saturated carbocycles. The first-order valence-corrected chi connectivity index (χ1v) is 4.94. The van der Waals surface area contributed by atoms with Crippen molar-refractivity contribution in [1.82, 2.24) is 10.6 Å². The van der Waals surface area contributed by atoms with Crippen LogP contribution in [0.5, 0.6) is 0 Å². The van der Waals surface area contributed by atoms with Crippen LogP contribution < -0.4 is 10.6 Å². The molecule has 3 nitrogen and oxygen atoms in total. The normalized spacial score (nSPS) is 15.4. The first-order chi connectivity index (χ1) is 6.33. The lowest BCUT2D eigenvalue weighted by Crippen LogP contribution is -2.32. The van der Waals surface area contributed by atoms with Crippen LogP contribution in [0.15, 0.2) is 12.7 Å². The number of hydrogen-bond donors (Lipinski definition) is 2. The number of amides is 1. The topological polar surface area (TPSA) is 41.1 Å². The molecular formula is C10H18N2O. The van der Waals surface area contributed by atoms with E-state index in [1.807, 2.05) is 0 Å². The van der Waals surface area contributed by atoms with Crippen LogP contribution in [0.2, 0.25) is 0 Å². The third-order valence-electron chi connectivity index (χ3n) is 2.03. The molecular weight excluding hydrogens is 164 g/mol. The Balaban J connectivity index is 1.85. The highest BCUT2D eigenvalue weighted by Gasteiger charge is 2.19. The van der Waals surface area contributed by atoms with Crippen LogP contribution in [0.4, 0.5) is 0 Å². The average Bonchev–Trinajstić information content (AvgIpc) is 2.92. The summed E-state index contributed by atoms with van der Waals surface area (Å²) in [5.41, 5.74) is 0. The minimum absolute atomic E-state index is 0.123. The van der Waals surface area contributed by atoms with Crippen molar-refractivity contribution in [3.05, 3.63) is 12.7 Å². The summed E-state index contributed by atoms with van der Waals surface area (Å²) in [4.78, 5) is 11.1. The summed E-state index contributed by atoms with van der Waals surface area (Å²) in [6, 6.07) is 0.727. The second-order valence-corrected chi connectivity index (χ2v) is 3.41. The van der Waals surface area contributed by atoms with E-state index in [0.29, 0.717) is 6.42 Å². The van der Waals surface area contributed by atoms with E-state index in [9.17, 15) is 4.79 Å². The van der Waals surface area contributed by atoms with E-state index in [-0.39, 0.29) is 5.91 Å². The van der Waals surface area contributed by atoms with Gasteiger partial charge in [-0.25, -0.2) is 0 Å². The summed E-state index contributed by atoms with van der Waals surface area (Å²) in [5, 5.41) is 6.18. The smallest absolute Gasteiger partial charge is 0.220 e. The summed E-state index contributed by atoms with van der Waals surface area (Å²) >= 11 is 0. The lowest BCUT2D eigenvalue weighted by molar-refractivity contribution is -0.120. The Morgan fingerprint density at radius 3 is 2.85 bits per heavy atom. The van der Waals surface area contributed by atoms with Gasteiger partial charge in [0.15, 0.2) is 0 Å². The van der Waals surface area contributed by atoms with Gasteiger partial charge in [-0.3, -0.25) is 4.79 Å². The molecule has 0 heterocycles. The molecule has 1 amide bonds. The Morgan fingerprint density at radius 2 is 2.23 bits per heavy atom. The molecule has 0 aromatic rings. The van der Waals surface area contributed by atoms with E-state index in [1.54, 1.807) is 6.08 Å². The Bertz CT molecular complexity index is 176. The lowest BCUT2D eigenvalue weighted by Gasteiger charge is -2.04. The van der Waals surface area contributed by atoms with E-state index >= 15 is 0 Å². The summed E-state index contributed by atoms with van der Waals surface area (Å²) in [6.07, 6.45) is 5.69. The second kappa shape index (κ2) is 5.75. The summed E-state index contributed by atoms with van der Waals surface area (Å²) in [6.45, 7) is 5.20. The first kappa shape index (κ1) is 10.3. The largest absolute Gasteiger partial charge is 0.355 e. The second-order valence-electron chi connectivity index (χ2n) is 3.41. The summed E-state index contributed by atoms with van der Waals surface area (Å²) in [7, 11) is 0. The van der Waals surface area contributed by atoms with Gasteiger partial charge in [0.2, 0.25) is 5.91 Å². The van der Waals surface area contributed by atoms with E-state index in [2.05, 4.69) is 17.2 Å². The third kappa shape index (κ3) is 5.42. The highest BCUT2D eigenvalue weighted by molar-refractivity contribution is 5.75. The van der Waals surface area contributed by atoms with Crippen LogP contribution in [-0.4, -0.2) is 25.0 Å². The first-order valence-electron chi connectivity index (χ1n) is 4.94. The summed E-state index contributed by atoms with van der Waals surface area (Å²) < 4.78 is 0. The predicted molar refractivity (Wildman–Crippen MR) is 53.5 cm³/mol. The van der Waals surface area contributed by atoms with Crippen LogP contribution in [0, 0.1) is 0 Å². The van der Waals surface area contributed by atoms with E-state index in [1.165, 1.54) is 12.8 Å². The molecule has 0 atom stereocenters.